The molecule has 1 radical (unpaired) electrons. The van der Waals surface area contributed by atoms with Crippen LogP contribution in [0.1, 0.15) is 12.5 Å². The fourth-order valence-corrected chi connectivity index (χ4v) is 1.04. The number of hydrogen-bond acceptors (Lipinski definition) is 0. The van der Waals surface area contributed by atoms with Crippen molar-refractivity contribution < 1.29 is 4.39 Å². The molecule has 0 saturated heterocycles. The summed E-state index contributed by atoms with van der Waals surface area (Å²) in [5.74, 6) is 0.977. The molecule has 0 heterocycles. The Morgan fingerprint density at radius 3 is 2.92 bits per heavy atom. The van der Waals surface area contributed by atoms with Gasteiger partial charge in [0.1, 0.15) is 5.82 Å². The molecular formula is C11H12F. The molecule has 0 aliphatic heterocycles. The summed E-state index contributed by atoms with van der Waals surface area (Å²) >= 11 is 0. The van der Waals surface area contributed by atoms with E-state index in [1.807, 2.05) is 13.0 Å². The Morgan fingerprint density at radius 1 is 1.58 bits per heavy atom. The summed E-state index contributed by atoms with van der Waals surface area (Å²) in [6, 6.07) is 6.64. The van der Waals surface area contributed by atoms with Crippen molar-refractivity contribution in [3.8, 4) is 0 Å². The van der Waals surface area contributed by atoms with Gasteiger partial charge in [-0.25, -0.2) is 4.39 Å². The Morgan fingerprint density at radius 2 is 2.33 bits per heavy atom. The van der Waals surface area contributed by atoms with Gasteiger partial charge in [-0.3, -0.25) is 0 Å². The van der Waals surface area contributed by atoms with E-state index in [0.717, 1.165) is 17.9 Å². The van der Waals surface area contributed by atoms with Crippen LogP contribution in [0.15, 0.2) is 36.9 Å². The molecular weight excluding hydrogens is 151 g/mol. The maximum atomic E-state index is 12.7. The highest BCUT2D eigenvalue weighted by atomic mass is 19.1. The van der Waals surface area contributed by atoms with E-state index >= 15 is 0 Å². The molecule has 1 rings (SSSR count). The van der Waals surface area contributed by atoms with Crippen molar-refractivity contribution in [2.45, 2.75) is 13.3 Å². The third-order valence-corrected chi connectivity index (χ3v) is 1.72. The molecule has 0 N–H and O–H groups in total. The van der Waals surface area contributed by atoms with Gasteiger partial charge in [-0.05, 0) is 30.0 Å². The van der Waals surface area contributed by atoms with Crippen molar-refractivity contribution in [1.82, 2.24) is 0 Å². The van der Waals surface area contributed by atoms with Gasteiger partial charge in [-0.15, -0.1) is 6.58 Å². The minimum atomic E-state index is -0.177. The minimum Gasteiger partial charge on any atom is -0.207 e. The summed E-state index contributed by atoms with van der Waals surface area (Å²) in [5, 5.41) is 0. The van der Waals surface area contributed by atoms with Crippen LogP contribution in [0.3, 0.4) is 0 Å². The molecule has 1 aromatic rings. The SMILES string of the molecule is C=C[C](C)Cc1cccc(F)c1. The number of allylic oxidation sites excluding steroid dienone is 1. The molecule has 1 aromatic carbocycles. The molecule has 12 heavy (non-hydrogen) atoms. The fourth-order valence-electron chi connectivity index (χ4n) is 1.04. The second kappa shape index (κ2) is 4.05. The van der Waals surface area contributed by atoms with E-state index in [1.165, 1.54) is 6.07 Å². The molecule has 0 aliphatic carbocycles. The highest BCUT2D eigenvalue weighted by Crippen LogP contribution is 2.11. The zero-order valence-corrected chi connectivity index (χ0v) is 7.18. The average molecular weight is 163 g/mol. The lowest BCUT2D eigenvalue weighted by Gasteiger charge is -2.04. The number of benzene rings is 1. The van der Waals surface area contributed by atoms with Crippen molar-refractivity contribution in [3.05, 3.63) is 54.2 Å². The van der Waals surface area contributed by atoms with E-state index in [2.05, 4.69) is 6.58 Å². The van der Waals surface area contributed by atoms with Gasteiger partial charge in [0.05, 0.1) is 0 Å². The van der Waals surface area contributed by atoms with Crippen molar-refractivity contribution in [3.63, 3.8) is 0 Å². The Labute approximate surface area is 72.7 Å². The maximum absolute atomic E-state index is 12.7. The third kappa shape index (κ3) is 2.50. The fraction of sp³-hybridized carbons (Fsp3) is 0.182. The van der Waals surface area contributed by atoms with Gasteiger partial charge in [0.25, 0.3) is 0 Å². The van der Waals surface area contributed by atoms with Crippen LogP contribution in [-0.2, 0) is 6.42 Å². The summed E-state index contributed by atoms with van der Waals surface area (Å²) in [4.78, 5) is 0. The van der Waals surface area contributed by atoms with E-state index in [0.29, 0.717) is 0 Å². The van der Waals surface area contributed by atoms with Gasteiger partial charge in [0.2, 0.25) is 0 Å². The van der Waals surface area contributed by atoms with Gasteiger partial charge < -0.3 is 0 Å². The second-order valence-electron chi connectivity index (χ2n) is 2.86. The molecule has 0 amide bonds. The van der Waals surface area contributed by atoms with Crippen LogP contribution >= 0.6 is 0 Å². The first-order valence-corrected chi connectivity index (χ1v) is 3.91. The predicted octanol–water partition coefficient (Wildman–Crippen LogP) is 3.15. The Bertz CT molecular complexity index is 265. The van der Waals surface area contributed by atoms with Crippen LogP contribution in [0, 0.1) is 11.7 Å². The molecule has 0 spiro atoms. The molecule has 1 heteroatoms. The van der Waals surface area contributed by atoms with Crippen molar-refractivity contribution >= 4 is 0 Å². The van der Waals surface area contributed by atoms with E-state index in [-0.39, 0.29) is 5.82 Å². The topological polar surface area (TPSA) is 0 Å². The summed E-state index contributed by atoms with van der Waals surface area (Å²) in [5.41, 5.74) is 0.993. The first-order valence-electron chi connectivity index (χ1n) is 3.91. The monoisotopic (exact) mass is 163 g/mol. The minimum absolute atomic E-state index is 0.177. The largest absolute Gasteiger partial charge is 0.207 e. The molecule has 0 saturated carbocycles. The summed E-state index contributed by atoms with van der Waals surface area (Å²) < 4.78 is 12.7. The molecule has 0 aliphatic rings. The standard InChI is InChI=1S/C11H12F/c1-3-9(2)7-10-5-4-6-11(12)8-10/h3-6,8H,1,7H2,2H3. The van der Waals surface area contributed by atoms with E-state index in [1.54, 1.807) is 18.2 Å². The molecule has 0 aromatic heterocycles. The van der Waals surface area contributed by atoms with E-state index in [4.69, 9.17) is 0 Å². The van der Waals surface area contributed by atoms with Gasteiger partial charge in [0, 0.05) is 0 Å². The van der Waals surface area contributed by atoms with Gasteiger partial charge in [-0.1, -0.05) is 25.1 Å². The second-order valence-corrected chi connectivity index (χ2v) is 2.86. The van der Waals surface area contributed by atoms with E-state index in [9.17, 15) is 4.39 Å². The van der Waals surface area contributed by atoms with Crippen molar-refractivity contribution in [2.24, 2.45) is 0 Å². The quantitative estimate of drug-likeness (QED) is 0.642. The van der Waals surface area contributed by atoms with Gasteiger partial charge in [-0.2, -0.15) is 0 Å². The Hall–Kier alpha value is -1.11. The van der Waals surface area contributed by atoms with Crippen LogP contribution in [-0.4, -0.2) is 0 Å². The normalized spacial score (nSPS) is 10.2. The van der Waals surface area contributed by atoms with Gasteiger partial charge in [0.15, 0.2) is 0 Å². The van der Waals surface area contributed by atoms with Crippen LogP contribution in [0.4, 0.5) is 4.39 Å². The molecule has 0 atom stereocenters. The highest BCUT2D eigenvalue weighted by molar-refractivity contribution is 5.22. The zero-order valence-electron chi connectivity index (χ0n) is 7.18. The smallest absolute Gasteiger partial charge is 0.123 e. The lowest BCUT2D eigenvalue weighted by atomic mass is 10.0. The predicted molar refractivity (Wildman–Crippen MR) is 49.2 cm³/mol. The Balaban J connectivity index is 2.69. The van der Waals surface area contributed by atoms with Crippen molar-refractivity contribution in [2.75, 3.05) is 0 Å². The number of halogens is 1. The number of hydrogen-bond donors (Lipinski definition) is 0. The third-order valence-electron chi connectivity index (χ3n) is 1.72. The lowest BCUT2D eigenvalue weighted by Crippen LogP contribution is -1.93. The molecule has 0 bridgehead atoms. The maximum Gasteiger partial charge on any atom is 0.123 e. The molecule has 0 fully saturated rings. The number of rotatable bonds is 3. The zero-order chi connectivity index (χ0) is 8.97. The van der Waals surface area contributed by atoms with E-state index < -0.39 is 0 Å². The molecule has 63 valence electrons. The highest BCUT2D eigenvalue weighted by Gasteiger charge is 1.99. The first kappa shape index (κ1) is 8.98. The summed E-state index contributed by atoms with van der Waals surface area (Å²) in [6.45, 7) is 5.63. The summed E-state index contributed by atoms with van der Waals surface area (Å²) in [6.07, 6.45) is 2.58. The van der Waals surface area contributed by atoms with Crippen LogP contribution < -0.4 is 0 Å². The Kier molecular flexibility index (Phi) is 3.03. The summed E-state index contributed by atoms with van der Waals surface area (Å²) in [7, 11) is 0. The first-order chi connectivity index (χ1) is 5.72. The molecule has 0 unspecified atom stereocenters. The average Bonchev–Trinajstić information content (AvgIpc) is 2.04. The van der Waals surface area contributed by atoms with Gasteiger partial charge >= 0.3 is 0 Å². The lowest BCUT2D eigenvalue weighted by molar-refractivity contribution is 0.625. The molecule has 0 nitrogen and oxygen atoms in total. The van der Waals surface area contributed by atoms with Crippen molar-refractivity contribution in [1.29, 1.82) is 0 Å². The van der Waals surface area contributed by atoms with Crippen LogP contribution in [0.25, 0.3) is 0 Å². The van der Waals surface area contributed by atoms with Crippen LogP contribution in [0.5, 0.6) is 0 Å². The van der Waals surface area contributed by atoms with Crippen LogP contribution in [0.2, 0.25) is 0 Å².